The van der Waals surface area contributed by atoms with Gasteiger partial charge in [-0.3, -0.25) is 4.79 Å². The number of likely N-dealkylation sites (tertiary alicyclic amines) is 1. The second kappa shape index (κ2) is 5.48. The van der Waals surface area contributed by atoms with Crippen LogP contribution in [0.2, 0.25) is 5.15 Å². The fourth-order valence-electron chi connectivity index (χ4n) is 2.34. The number of hydrogen-bond acceptors (Lipinski definition) is 2. The van der Waals surface area contributed by atoms with E-state index in [4.69, 9.17) is 11.6 Å². The van der Waals surface area contributed by atoms with Gasteiger partial charge in [0, 0.05) is 13.1 Å². The Morgan fingerprint density at radius 2 is 2.00 bits per heavy atom. The number of hydrogen-bond donors (Lipinski definition) is 0. The Balaban J connectivity index is 1.86. The molecule has 4 nitrogen and oxygen atoms in total. The molecule has 3 rings (SSSR count). The number of aryl methyl sites for hydroxylation is 1. The topological polar surface area (TPSA) is 38.1 Å². The zero-order valence-corrected chi connectivity index (χ0v) is 12.4. The van der Waals surface area contributed by atoms with Crippen molar-refractivity contribution < 1.29 is 9.18 Å². The van der Waals surface area contributed by atoms with Crippen molar-refractivity contribution in [3.8, 4) is 0 Å². The van der Waals surface area contributed by atoms with E-state index in [1.165, 1.54) is 12.1 Å². The van der Waals surface area contributed by atoms with Crippen LogP contribution in [0.5, 0.6) is 0 Å². The van der Waals surface area contributed by atoms with E-state index in [9.17, 15) is 9.18 Å². The molecule has 0 bridgehead atoms. The molecule has 21 heavy (non-hydrogen) atoms. The number of benzene rings is 1. The molecule has 1 aliphatic rings. The fraction of sp³-hybridized carbons (Fsp3) is 0.333. The molecule has 0 atom stereocenters. The highest BCUT2D eigenvalue weighted by Crippen LogP contribution is 2.24. The van der Waals surface area contributed by atoms with Crippen LogP contribution in [0.25, 0.3) is 0 Å². The van der Waals surface area contributed by atoms with Gasteiger partial charge in [0.15, 0.2) is 0 Å². The van der Waals surface area contributed by atoms with Gasteiger partial charge in [0.1, 0.15) is 11.0 Å². The third kappa shape index (κ3) is 2.65. The predicted molar refractivity (Wildman–Crippen MR) is 78.0 cm³/mol. The van der Waals surface area contributed by atoms with Gasteiger partial charge in [-0.1, -0.05) is 23.7 Å². The van der Waals surface area contributed by atoms with E-state index in [0.29, 0.717) is 23.0 Å². The van der Waals surface area contributed by atoms with Crippen LogP contribution in [0.4, 0.5) is 4.39 Å². The summed E-state index contributed by atoms with van der Waals surface area (Å²) in [4.78, 5) is 14.1. The van der Waals surface area contributed by atoms with Crippen molar-refractivity contribution in [2.75, 3.05) is 13.1 Å². The predicted octanol–water partition coefficient (Wildman–Crippen LogP) is 2.88. The first-order valence-corrected chi connectivity index (χ1v) is 7.20. The number of carbonyl (C=O) groups is 1. The van der Waals surface area contributed by atoms with Crippen LogP contribution in [-0.4, -0.2) is 33.7 Å². The highest BCUT2D eigenvalue weighted by molar-refractivity contribution is 6.33. The third-order valence-electron chi connectivity index (χ3n) is 3.67. The summed E-state index contributed by atoms with van der Waals surface area (Å²) >= 11 is 6.31. The SMILES string of the molecule is Cc1nn(Cc2ccc(F)cc2)c(Cl)c1C(=O)N1CCC1. The minimum absolute atomic E-state index is 0.0610. The highest BCUT2D eigenvalue weighted by Gasteiger charge is 2.28. The molecule has 1 amide bonds. The zero-order chi connectivity index (χ0) is 15.0. The van der Waals surface area contributed by atoms with Crippen molar-refractivity contribution in [2.24, 2.45) is 0 Å². The van der Waals surface area contributed by atoms with Crippen molar-refractivity contribution in [3.05, 3.63) is 52.1 Å². The van der Waals surface area contributed by atoms with Crippen LogP contribution in [-0.2, 0) is 6.54 Å². The number of aromatic nitrogens is 2. The summed E-state index contributed by atoms with van der Waals surface area (Å²) < 4.78 is 14.5. The van der Waals surface area contributed by atoms with Crippen molar-refractivity contribution in [3.63, 3.8) is 0 Å². The third-order valence-corrected chi connectivity index (χ3v) is 4.05. The van der Waals surface area contributed by atoms with Gasteiger partial charge in [0.2, 0.25) is 0 Å². The molecule has 0 spiro atoms. The van der Waals surface area contributed by atoms with Gasteiger partial charge in [0.25, 0.3) is 5.91 Å². The Morgan fingerprint density at radius 1 is 1.33 bits per heavy atom. The lowest BCUT2D eigenvalue weighted by Crippen LogP contribution is -2.42. The largest absolute Gasteiger partial charge is 0.338 e. The standard InChI is InChI=1S/C15H15ClFN3O/c1-10-13(15(21)19-7-2-8-19)14(16)20(18-10)9-11-3-5-12(17)6-4-11/h3-6H,2,7-9H2,1H3. The number of halogens is 2. The van der Waals surface area contributed by atoms with Crippen LogP contribution in [0.1, 0.15) is 28.0 Å². The fourth-order valence-corrected chi connectivity index (χ4v) is 2.66. The van der Waals surface area contributed by atoms with Gasteiger partial charge in [0.05, 0.1) is 17.8 Å². The molecule has 0 N–H and O–H groups in total. The van der Waals surface area contributed by atoms with Crippen LogP contribution < -0.4 is 0 Å². The van der Waals surface area contributed by atoms with E-state index in [1.807, 2.05) is 0 Å². The van der Waals surface area contributed by atoms with Gasteiger partial charge >= 0.3 is 0 Å². The molecule has 2 aromatic rings. The Bertz CT molecular complexity index is 677. The van der Waals surface area contributed by atoms with Crippen LogP contribution in [0.3, 0.4) is 0 Å². The summed E-state index contributed by atoms with van der Waals surface area (Å²) in [6, 6.07) is 6.15. The Labute approximate surface area is 127 Å². The van der Waals surface area contributed by atoms with E-state index in [1.54, 1.807) is 28.6 Å². The molecule has 2 heterocycles. The summed E-state index contributed by atoms with van der Waals surface area (Å²) in [6.07, 6.45) is 1.03. The maximum Gasteiger partial charge on any atom is 0.258 e. The molecular formula is C15H15ClFN3O. The van der Waals surface area contributed by atoms with Gasteiger partial charge in [-0.15, -0.1) is 0 Å². The molecule has 0 unspecified atom stereocenters. The normalized spacial score (nSPS) is 14.1. The minimum Gasteiger partial charge on any atom is -0.338 e. The Kier molecular flexibility index (Phi) is 3.68. The molecule has 1 saturated heterocycles. The molecule has 1 aromatic carbocycles. The van der Waals surface area contributed by atoms with Crippen molar-refractivity contribution in [1.82, 2.24) is 14.7 Å². The molecule has 1 aromatic heterocycles. The smallest absolute Gasteiger partial charge is 0.258 e. The second-order valence-electron chi connectivity index (χ2n) is 5.18. The summed E-state index contributed by atoms with van der Waals surface area (Å²) in [5, 5.41) is 4.67. The number of amides is 1. The van der Waals surface area contributed by atoms with Gasteiger partial charge in [-0.2, -0.15) is 5.10 Å². The summed E-state index contributed by atoms with van der Waals surface area (Å²) in [6.45, 7) is 3.74. The summed E-state index contributed by atoms with van der Waals surface area (Å²) in [5.74, 6) is -0.343. The van der Waals surface area contributed by atoms with E-state index in [2.05, 4.69) is 5.10 Å². The maximum atomic E-state index is 12.9. The number of carbonyl (C=O) groups excluding carboxylic acids is 1. The number of nitrogens with zero attached hydrogens (tertiary/aromatic N) is 3. The number of rotatable bonds is 3. The monoisotopic (exact) mass is 307 g/mol. The molecule has 1 aliphatic heterocycles. The second-order valence-corrected chi connectivity index (χ2v) is 5.54. The molecular weight excluding hydrogens is 293 g/mol. The van der Waals surface area contributed by atoms with Gasteiger partial charge < -0.3 is 4.90 Å². The van der Waals surface area contributed by atoms with E-state index >= 15 is 0 Å². The van der Waals surface area contributed by atoms with E-state index in [-0.39, 0.29) is 11.7 Å². The molecule has 6 heteroatoms. The lowest BCUT2D eigenvalue weighted by Gasteiger charge is -2.30. The minimum atomic E-state index is -0.282. The quantitative estimate of drug-likeness (QED) is 0.874. The van der Waals surface area contributed by atoms with E-state index < -0.39 is 0 Å². The summed E-state index contributed by atoms with van der Waals surface area (Å²) in [7, 11) is 0. The lowest BCUT2D eigenvalue weighted by molar-refractivity contribution is 0.0651. The zero-order valence-electron chi connectivity index (χ0n) is 11.6. The first kappa shape index (κ1) is 14.1. The van der Waals surface area contributed by atoms with E-state index in [0.717, 1.165) is 25.1 Å². The maximum absolute atomic E-state index is 12.9. The Morgan fingerprint density at radius 3 is 2.57 bits per heavy atom. The van der Waals surface area contributed by atoms with Crippen LogP contribution in [0, 0.1) is 12.7 Å². The molecule has 0 saturated carbocycles. The van der Waals surface area contributed by atoms with Gasteiger partial charge in [-0.05, 0) is 31.0 Å². The molecule has 0 aliphatic carbocycles. The average Bonchev–Trinajstić information content (AvgIpc) is 2.65. The highest BCUT2D eigenvalue weighted by atomic mass is 35.5. The molecule has 110 valence electrons. The van der Waals surface area contributed by atoms with Crippen LogP contribution >= 0.6 is 11.6 Å². The first-order valence-electron chi connectivity index (χ1n) is 6.83. The Hall–Kier alpha value is -1.88. The van der Waals surface area contributed by atoms with Crippen LogP contribution in [0.15, 0.2) is 24.3 Å². The summed E-state index contributed by atoms with van der Waals surface area (Å²) in [5.41, 5.74) is 1.97. The van der Waals surface area contributed by atoms with Crippen molar-refractivity contribution >= 4 is 17.5 Å². The lowest BCUT2D eigenvalue weighted by atomic mass is 10.1. The first-order chi connectivity index (χ1) is 10.1. The molecule has 0 radical (unpaired) electrons. The van der Waals surface area contributed by atoms with Crippen molar-refractivity contribution in [1.29, 1.82) is 0 Å². The average molecular weight is 308 g/mol. The molecule has 1 fully saturated rings. The van der Waals surface area contributed by atoms with Crippen molar-refractivity contribution in [2.45, 2.75) is 19.9 Å². The van der Waals surface area contributed by atoms with Gasteiger partial charge in [-0.25, -0.2) is 9.07 Å².